The van der Waals surface area contributed by atoms with Crippen LogP contribution in [0.3, 0.4) is 0 Å². The Balaban J connectivity index is 1.66. The monoisotopic (exact) mass is 194 g/mol. The number of rotatable bonds is 1. The van der Waals surface area contributed by atoms with Crippen molar-refractivity contribution in [3.8, 4) is 0 Å². The second kappa shape index (κ2) is 2.07. The Labute approximate surface area is 90.0 Å². The second-order valence-electron chi connectivity index (χ2n) is 5.81. The fourth-order valence-corrected chi connectivity index (χ4v) is 5.13. The van der Waals surface area contributed by atoms with E-state index in [1.165, 1.54) is 5.56 Å². The van der Waals surface area contributed by atoms with Gasteiger partial charge in [0.15, 0.2) is 0 Å². The smallest absolute Gasteiger partial charge is 0.00908 e. The highest BCUT2D eigenvalue weighted by molar-refractivity contribution is 5.74. The van der Waals surface area contributed by atoms with E-state index in [1.807, 2.05) is 0 Å². The van der Waals surface area contributed by atoms with Crippen molar-refractivity contribution in [3.05, 3.63) is 42.0 Å². The van der Waals surface area contributed by atoms with Gasteiger partial charge in [-0.05, 0) is 53.1 Å². The molecule has 6 unspecified atom stereocenters. The summed E-state index contributed by atoms with van der Waals surface area (Å²) < 4.78 is 0. The van der Waals surface area contributed by atoms with E-state index >= 15 is 0 Å². The maximum Gasteiger partial charge on any atom is -0.00908 e. The fraction of sp³-hybridized carbons (Fsp3) is 0.467. The molecule has 5 aliphatic rings. The van der Waals surface area contributed by atoms with Crippen LogP contribution in [0.1, 0.15) is 12.0 Å². The van der Waals surface area contributed by atoms with E-state index in [0.717, 1.165) is 35.5 Å². The fourth-order valence-electron chi connectivity index (χ4n) is 5.13. The minimum absolute atomic E-state index is 0.965. The van der Waals surface area contributed by atoms with Gasteiger partial charge < -0.3 is 0 Å². The lowest BCUT2D eigenvalue weighted by Crippen LogP contribution is -2.04. The van der Waals surface area contributed by atoms with Crippen LogP contribution >= 0.6 is 0 Å². The van der Waals surface area contributed by atoms with Crippen LogP contribution in [0, 0.1) is 35.5 Å². The summed E-state index contributed by atoms with van der Waals surface area (Å²) in [6.45, 7) is 0. The Morgan fingerprint density at radius 3 is 2.47 bits per heavy atom. The van der Waals surface area contributed by atoms with E-state index in [1.54, 1.807) is 12.0 Å². The molecule has 0 radical (unpaired) electrons. The summed E-state index contributed by atoms with van der Waals surface area (Å²) in [5.74, 6) is 6.39. The highest BCUT2D eigenvalue weighted by Gasteiger charge is 2.75. The SMILES string of the molecule is C1=C(c2ccccc2)C2C3CC4C(C13)C42. The second-order valence-corrected chi connectivity index (χ2v) is 5.81. The van der Waals surface area contributed by atoms with Crippen LogP contribution in [0.5, 0.6) is 0 Å². The van der Waals surface area contributed by atoms with Crippen molar-refractivity contribution in [2.24, 2.45) is 35.5 Å². The minimum Gasteiger partial charge on any atom is -0.0767 e. The molecular weight excluding hydrogens is 180 g/mol. The van der Waals surface area contributed by atoms with Gasteiger partial charge in [-0.2, -0.15) is 0 Å². The number of hydrogen-bond acceptors (Lipinski definition) is 0. The Hall–Kier alpha value is -1.04. The molecule has 15 heavy (non-hydrogen) atoms. The lowest BCUT2D eigenvalue weighted by Gasteiger charge is -2.14. The van der Waals surface area contributed by atoms with Gasteiger partial charge in [0.05, 0.1) is 0 Å². The quantitative estimate of drug-likeness (QED) is 0.644. The van der Waals surface area contributed by atoms with Gasteiger partial charge in [0.25, 0.3) is 0 Å². The van der Waals surface area contributed by atoms with Gasteiger partial charge in [-0.25, -0.2) is 0 Å². The van der Waals surface area contributed by atoms with Gasteiger partial charge in [-0.3, -0.25) is 0 Å². The highest BCUT2D eigenvalue weighted by atomic mass is 14.8. The van der Waals surface area contributed by atoms with Gasteiger partial charge in [0.2, 0.25) is 0 Å². The molecule has 0 aliphatic heterocycles. The summed E-state index contributed by atoms with van der Waals surface area (Å²) in [5.41, 5.74) is 3.20. The molecule has 4 saturated carbocycles. The molecule has 1 aromatic rings. The molecular formula is C15H14. The molecule has 5 aliphatic carbocycles. The number of allylic oxidation sites excluding steroid dienone is 2. The third kappa shape index (κ3) is 0.649. The third-order valence-electron chi connectivity index (χ3n) is 5.49. The Morgan fingerprint density at radius 2 is 1.80 bits per heavy atom. The average molecular weight is 194 g/mol. The van der Waals surface area contributed by atoms with Crippen LogP contribution < -0.4 is 0 Å². The third-order valence-corrected chi connectivity index (χ3v) is 5.49. The van der Waals surface area contributed by atoms with Crippen molar-refractivity contribution >= 4 is 5.57 Å². The van der Waals surface area contributed by atoms with E-state index in [4.69, 9.17) is 0 Å². The number of hydrogen-bond donors (Lipinski definition) is 0. The molecule has 0 saturated heterocycles. The van der Waals surface area contributed by atoms with Crippen molar-refractivity contribution < 1.29 is 0 Å². The zero-order chi connectivity index (χ0) is 9.57. The first-order valence-corrected chi connectivity index (χ1v) is 6.22. The van der Waals surface area contributed by atoms with Gasteiger partial charge >= 0.3 is 0 Å². The van der Waals surface area contributed by atoms with Gasteiger partial charge in [0.1, 0.15) is 0 Å². The summed E-state index contributed by atoms with van der Waals surface area (Å²) in [6.07, 6.45) is 4.18. The molecule has 4 fully saturated rings. The predicted octanol–water partition coefficient (Wildman–Crippen LogP) is 3.21. The molecule has 6 bridgehead atoms. The molecule has 1 aromatic carbocycles. The van der Waals surface area contributed by atoms with Crippen LogP contribution in [0.4, 0.5) is 0 Å². The van der Waals surface area contributed by atoms with Crippen LogP contribution in [0.15, 0.2) is 36.4 Å². The first-order chi connectivity index (χ1) is 7.45. The van der Waals surface area contributed by atoms with Crippen LogP contribution in [0.25, 0.3) is 5.57 Å². The minimum atomic E-state index is 0.965. The lowest BCUT2D eigenvalue weighted by molar-refractivity contribution is 0.476. The molecule has 0 N–H and O–H groups in total. The van der Waals surface area contributed by atoms with Crippen molar-refractivity contribution in [3.63, 3.8) is 0 Å². The molecule has 74 valence electrons. The first kappa shape index (κ1) is 7.27. The van der Waals surface area contributed by atoms with E-state index in [-0.39, 0.29) is 0 Å². The molecule has 6 rings (SSSR count). The summed E-state index contributed by atoms with van der Waals surface area (Å²) in [5, 5.41) is 0. The average Bonchev–Trinajstić information content (AvgIpc) is 2.68. The highest BCUT2D eigenvalue weighted by Crippen LogP contribution is 2.81. The molecule has 0 heterocycles. The van der Waals surface area contributed by atoms with Crippen LogP contribution in [-0.2, 0) is 0 Å². The van der Waals surface area contributed by atoms with Gasteiger partial charge in [0, 0.05) is 0 Å². The predicted molar refractivity (Wildman–Crippen MR) is 60.0 cm³/mol. The molecule has 0 amide bonds. The first-order valence-electron chi connectivity index (χ1n) is 6.22. The van der Waals surface area contributed by atoms with Crippen molar-refractivity contribution in [1.29, 1.82) is 0 Å². The molecule has 6 atom stereocenters. The zero-order valence-electron chi connectivity index (χ0n) is 8.64. The van der Waals surface area contributed by atoms with Crippen molar-refractivity contribution in [2.75, 3.05) is 0 Å². The van der Waals surface area contributed by atoms with Crippen molar-refractivity contribution in [1.82, 2.24) is 0 Å². The van der Waals surface area contributed by atoms with Gasteiger partial charge in [-0.1, -0.05) is 36.4 Å². The maximum atomic E-state index is 2.62. The summed E-state index contributed by atoms with van der Waals surface area (Å²) >= 11 is 0. The molecule has 0 heteroatoms. The van der Waals surface area contributed by atoms with Crippen LogP contribution in [-0.4, -0.2) is 0 Å². The molecule has 0 nitrogen and oxygen atoms in total. The maximum absolute atomic E-state index is 2.62. The summed E-state index contributed by atoms with van der Waals surface area (Å²) in [6, 6.07) is 11.1. The number of benzene rings is 1. The van der Waals surface area contributed by atoms with Gasteiger partial charge in [-0.15, -0.1) is 0 Å². The topological polar surface area (TPSA) is 0 Å². The van der Waals surface area contributed by atoms with E-state index in [0.29, 0.717) is 0 Å². The Morgan fingerprint density at radius 1 is 0.933 bits per heavy atom. The lowest BCUT2D eigenvalue weighted by atomic mass is 9.90. The Bertz CT molecular complexity index is 470. The largest absolute Gasteiger partial charge is 0.0767 e. The van der Waals surface area contributed by atoms with E-state index in [9.17, 15) is 0 Å². The van der Waals surface area contributed by atoms with Crippen molar-refractivity contribution in [2.45, 2.75) is 6.42 Å². The van der Waals surface area contributed by atoms with E-state index < -0.39 is 0 Å². The summed E-state index contributed by atoms with van der Waals surface area (Å²) in [7, 11) is 0. The zero-order valence-corrected chi connectivity index (χ0v) is 8.64. The Kier molecular flexibility index (Phi) is 1.00. The summed E-state index contributed by atoms with van der Waals surface area (Å²) in [4.78, 5) is 0. The normalized spacial score (nSPS) is 52.1. The molecule has 0 spiro atoms. The molecule has 0 aromatic heterocycles. The van der Waals surface area contributed by atoms with Crippen LogP contribution in [0.2, 0.25) is 0 Å². The standard InChI is InChI=1S/C15H14/c1-2-4-8(5-3-1)9-6-10-11-7-12-14(10)15(12)13(9)11/h1-6,10-15H,7H2. The van der Waals surface area contributed by atoms with E-state index in [2.05, 4.69) is 36.4 Å².